The Morgan fingerprint density at radius 1 is 0.964 bits per heavy atom. The summed E-state index contributed by atoms with van der Waals surface area (Å²) >= 11 is 1.03. The molecule has 0 saturated carbocycles. The van der Waals surface area contributed by atoms with Crippen LogP contribution >= 0.6 is 11.3 Å². The molecule has 1 aromatic heterocycles. The number of methoxy groups -OCH3 is 1. The van der Waals surface area contributed by atoms with E-state index in [1.54, 1.807) is 31.4 Å². The van der Waals surface area contributed by atoms with E-state index < -0.39 is 0 Å². The van der Waals surface area contributed by atoms with E-state index >= 15 is 0 Å². The monoisotopic (exact) mass is 387 g/mol. The van der Waals surface area contributed by atoms with Crippen molar-refractivity contribution >= 4 is 33.5 Å². The van der Waals surface area contributed by atoms with Gasteiger partial charge in [0.2, 0.25) is 0 Å². The van der Waals surface area contributed by atoms with Crippen LogP contribution in [0, 0.1) is 0 Å². The predicted octanol–water partition coefficient (Wildman–Crippen LogP) is 5.09. The summed E-state index contributed by atoms with van der Waals surface area (Å²) in [6.45, 7) is 0. The zero-order chi connectivity index (χ0) is 19.5. The Labute approximate surface area is 166 Å². The van der Waals surface area contributed by atoms with Crippen molar-refractivity contribution < 1.29 is 9.53 Å². The highest BCUT2D eigenvalue weighted by molar-refractivity contribution is 7.16. The van der Waals surface area contributed by atoms with Crippen LogP contribution < -0.4 is 9.61 Å². The van der Waals surface area contributed by atoms with Gasteiger partial charge in [0.25, 0.3) is 5.91 Å². The molecule has 5 heteroatoms. The average molecular weight is 387 g/mol. The van der Waals surface area contributed by atoms with Gasteiger partial charge in [0, 0.05) is 6.08 Å². The minimum atomic E-state index is -0.369. The van der Waals surface area contributed by atoms with Gasteiger partial charge in [-0.1, -0.05) is 59.9 Å². The number of carbonyl (C=O) groups excluding carboxylic acids is 1. The molecule has 0 fully saturated rings. The fourth-order valence-electron chi connectivity index (χ4n) is 3.03. The van der Waals surface area contributed by atoms with Gasteiger partial charge in [-0.15, -0.1) is 0 Å². The van der Waals surface area contributed by atoms with Crippen LogP contribution in [0.5, 0.6) is 5.75 Å². The molecule has 0 amide bonds. The lowest BCUT2D eigenvalue weighted by molar-refractivity contribution is 0.0972. The van der Waals surface area contributed by atoms with Crippen LogP contribution in [0.3, 0.4) is 0 Å². The molecule has 0 aliphatic carbocycles. The topological polar surface area (TPSA) is 48.3 Å². The zero-order valence-corrected chi connectivity index (χ0v) is 16.0. The molecule has 138 valence electrons. The van der Waals surface area contributed by atoms with Crippen molar-refractivity contribution in [2.75, 3.05) is 7.11 Å². The Morgan fingerprint density at radius 2 is 1.75 bits per heavy atom. The summed E-state index contributed by atoms with van der Waals surface area (Å²) < 4.78 is 7.09. The summed E-state index contributed by atoms with van der Waals surface area (Å²) in [5.41, 5.74) is 3.66. The van der Waals surface area contributed by atoms with Gasteiger partial charge in [-0.3, -0.25) is 9.59 Å². The van der Waals surface area contributed by atoms with E-state index in [1.165, 1.54) is 10.6 Å². The van der Waals surface area contributed by atoms with Crippen molar-refractivity contribution in [1.29, 1.82) is 0 Å². The highest BCUT2D eigenvalue weighted by Gasteiger charge is 2.13. The molecule has 0 unspecified atom stereocenters. The maximum atomic E-state index is 12.7. The zero-order valence-electron chi connectivity index (χ0n) is 15.2. The van der Waals surface area contributed by atoms with Crippen molar-refractivity contribution in [1.82, 2.24) is 4.57 Å². The van der Waals surface area contributed by atoms with Crippen molar-refractivity contribution in [3.63, 3.8) is 0 Å². The number of rotatable bonds is 4. The van der Waals surface area contributed by atoms with Crippen LogP contribution in [0.4, 0.5) is 0 Å². The summed E-state index contributed by atoms with van der Waals surface area (Å²) in [7, 11) is 1.57. The first kappa shape index (κ1) is 17.9. The van der Waals surface area contributed by atoms with Gasteiger partial charge in [0.05, 0.1) is 17.3 Å². The molecule has 0 aliphatic heterocycles. The summed E-state index contributed by atoms with van der Waals surface area (Å²) in [4.78, 5) is 24.7. The van der Waals surface area contributed by atoms with E-state index in [9.17, 15) is 9.59 Å². The second kappa shape index (κ2) is 7.66. The van der Waals surface area contributed by atoms with E-state index in [-0.39, 0.29) is 10.8 Å². The van der Waals surface area contributed by atoms with Gasteiger partial charge < -0.3 is 4.74 Å². The quantitative estimate of drug-likeness (QED) is 0.458. The highest BCUT2D eigenvalue weighted by atomic mass is 32.1. The molecule has 4 aromatic rings. The molecule has 0 atom stereocenters. The third-order valence-corrected chi connectivity index (χ3v) is 5.32. The molecule has 0 spiro atoms. The molecule has 0 N–H and O–H groups in total. The molecule has 28 heavy (non-hydrogen) atoms. The number of hydrogen-bond donors (Lipinski definition) is 0. The summed E-state index contributed by atoms with van der Waals surface area (Å²) in [5.74, 6) is 0.285. The van der Waals surface area contributed by atoms with Gasteiger partial charge in [0.15, 0.2) is 0 Å². The maximum absolute atomic E-state index is 12.7. The lowest BCUT2D eigenvalue weighted by Gasteiger charge is -2.03. The van der Waals surface area contributed by atoms with Crippen LogP contribution in [0.15, 0.2) is 83.7 Å². The van der Waals surface area contributed by atoms with Crippen molar-refractivity contribution in [3.8, 4) is 16.9 Å². The fraction of sp³-hybridized carbons (Fsp3) is 0.0435. The van der Waals surface area contributed by atoms with Crippen molar-refractivity contribution in [2.24, 2.45) is 0 Å². The number of allylic oxidation sites excluding steroid dienone is 1. The smallest absolute Gasteiger partial charge is 0.315 e. The summed E-state index contributed by atoms with van der Waals surface area (Å²) in [6.07, 6.45) is 3.16. The van der Waals surface area contributed by atoms with Gasteiger partial charge in [-0.05, 0) is 47.0 Å². The third kappa shape index (κ3) is 3.52. The van der Waals surface area contributed by atoms with Crippen LogP contribution in [-0.4, -0.2) is 17.6 Å². The SMILES string of the molecule is COc1ccc2c(c1)sc(=O)n2C(=O)/C=C/c1cccc(-c2ccccc2)c1. The number of thiazole rings is 1. The first-order chi connectivity index (χ1) is 13.7. The van der Waals surface area contributed by atoms with Crippen molar-refractivity contribution in [3.05, 3.63) is 94.1 Å². The standard InChI is InChI=1S/C23H17NO3S/c1-27-19-11-12-20-21(15-19)28-23(26)24(20)22(25)13-10-16-6-5-9-18(14-16)17-7-3-2-4-8-17/h2-15H,1H3/b13-10+. The average Bonchev–Trinajstić information content (AvgIpc) is 3.07. The minimum Gasteiger partial charge on any atom is -0.497 e. The molecular formula is C23H17NO3S. The number of aromatic nitrogens is 1. The summed E-state index contributed by atoms with van der Waals surface area (Å²) in [5, 5.41) is 0. The molecule has 0 aliphatic rings. The molecule has 0 saturated heterocycles. The lowest BCUT2D eigenvalue weighted by Crippen LogP contribution is -2.19. The third-order valence-electron chi connectivity index (χ3n) is 4.42. The summed E-state index contributed by atoms with van der Waals surface area (Å²) in [6, 6.07) is 23.2. The van der Waals surface area contributed by atoms with Gasteiger partial charge in [0.1, 0.15) is 5.75 Å². The van der Waals surface area contributed by atoms with Crippen LogP contribution in [0.25, 0.3) is 27.4 Å². The van der Waals surface area contributed by atoms with Gasteiger partial charge >= 0.3 is 4.87 Å². The minimum absolute atomic E-state index is 0.309. The fourth-order valence-corrected chi connectivity index (χ4v) is 3.94. The molecule has 0 bridgehead atoms. The second-order valence-electron chi connectivity index (χ2n) is 6.20. The Morgan fingerprint density at radius 3 is 2.54 bits per heavy atom. The molecule has 1 heterocycles. The first-order valence-corrected chi connectivity index (χ1v) is 9.55. The number of ether oxygens (including phenoxy) is 1. The Hall–Kier alpha value is -3.44. The van der Waals surface area contributed by atoms with E-state index in [0.29, 0.717) is 11.3 Å². The van der Waals surface area contributed by atoms with Crippen LogP contribution in [0.2, 0.25) is 0 Å². The van der Waals surface area contributed by atoms with Gasteiger partial charge in [-0.2, -0.15) is 0 Å². The molecule has 0 radical (unpaired) electrons. The number of nitrogens with zero attached hydrogens (tertiary/aromatic N) is 1. The number of hydrogen-bond acceptors (Lipinski definition) is 4. The van der Waals surface area contributed by atoms with E-state index in [0.717, 1.165) is 32.7 Å². The van der Waals surface area contributed by atoms with Crippen LogP contribution in [0.1, 0.15) is 10.4 Å². The Kier molecular flexibility index (Phi) is 4.91. The van der Waals surface area contributed by atoms with E-state index in [4.69, 9.17) is 4.74 Å². The Balaban J connectivity index is 1.64. The molecule has 4 nitrogen and oxygen atoms in total. The lowest BCUT2D eigenvalue weighted by atomic mass is 10.0. The number of carbonyl (C=O) groups is 1. The number of fused-ring (bicyclic) bond motifs is 1. The first-order valence-electron chi connectivity index (χ1n) is 8.73. The largest absolute Gasteiger partial charge is 0.497 e. The predicted molar refractivity (Wildman–Crippen MR) is 114 cm³/mol. The van der Waals surface area contributed by atoms with E-state index in [2.05, 4.69) is 0 Å². The normalized spacial score (nSPS) is 11.2. The Bertz CT molecular complexity index is 1240. The van der Waals surface area contributed by atoms with Crippen LogP contribution in [-0.2, 0) is 0 Å². The molecule has 3 aromatic carbocycles. The number of benzene rings is 3. The maximum Gasteiger partial charge on any atom is 0.315 e. The second-order valence-corrected chi connectivity index (χ2v) is 7.19. The molecule has 4 rings (SSSR count). The molecular weight excluding hydrogens is 370 g/mol. The van der Waals surface area contributed by atoms with Crippen molar-refractivity contribution in [2.45, 2.75) is 0 Å². The highest BCUT2D eigenvalue weighted by Crippen LogP contribution is 2.23. The van der Waals surface area contributed by atoms with Gasteiger partial charge in [-0.25, -0.2) is 4.57 Å². The van der Waals surface area contributed by atoms with E-state index in [1.807, 2.05) is 54.6 Å².